The molecule has 1 aromatic carbocycles. The van der Waals surface area contributed by atoms with Gasteiger partial charge in [-0.1, -0.05) is 19.1 Å². The minimum atomic E-state index is -0.569. The highest BCUT2D eigenvalue weighted by molar-refractivity contribution is 6.05. The summed E-state index contributed by atoms with van der Waals surface area (Å²) in [5.74, 6) is -0.766. The first kappa shape index (κ1) is 18.5. The second-order valence-electron chi connectivity index (χ2n) is 6.85. The maximum absolute atomic E-state index is 12.8. The Labute approximate surface area is 153 Å². The SMILES string of the molecule is CCN(CCCN)Cc1cccc2c1CN(C1CCC(=O)NC1=O)C2=O. The van der Waals surface area contributed by atoms with Gasteiger partial charge in [-0.05, 0) is 49.7 Å². The van der Waals surface area contributed by atoms with E-state index in [-0.39, 0.29) is 24.1 Å². The van der Waals surface area contributed by atoms with Crippen LogP contribution < -0.4 is 11.1 Å². The number of hydrogen-bond donors (Lipinski definition) is 2. The van der Waals surface area contributed by atoms with Crippen molar-refractivity contribution in [2.24, 2.45) is 5.73 Å². The lowest BCUT2D eigenvalue weighted by Gasteiger charge is -2.29. The molecule has 7 nitrogen and oxygen atoms in total. The Hall–Kier alpha value is -2.25. The minimum absolute atomic E-state index is 0.124. The molecule has 0 saturated carbocycles. The quantitative estimate of drug-likeness (QED) is 0.697. The van der Waals surface area contributed by atoms with Gasteiger partial charge in [-0.2, -0.15) is 0 Å². The third-order valence-corrected chi connectivity index (χ3v) is 5.20. The molecule has 3 N–H and O–H groups in total. The van der Waals surface area contributed by atoms with E-state index >= 15 is 0 Å². The van der Waals surface area contributed by atoms with E-state index in [0.29, 0.717) is 25.1 Å². The topological polar surface area (TPSA) is 95.7 Å². The van der Waals surface area contributed by atoms with Crippen molar-refractivity contribution in [1.82, 2.24) is 15.1 Å². The highest BCUT2D eigenvalue weighted by atomic mass is 16.2. The number of imide groups is 1. The van der Waals surface area contributed by atoms with Crippen LogP contribution in [0, 0.1) is 0 Å². The zero-order chi connectivity index (χ0) is 18.7. The summed E-state index contributed by atoms with van der Waals surface area (Å²) in [5.41, 5.74) is 8.39. The molecule has 0 spiro atoms. The maximum Gasteiger partial charge on any atom is 0.255 e. The second-order valence-corrected chi connectivity index (χ2v) is 6.85. The molecule has 1 fully saturated rings. The summed E-state index contributed by atoms with van der Waals surface area (Å²) in [6.07, 6.45) is 1.59. The van der Waals surface area contributed by atoms with Gasteiger partial charge >= 0.3 is 0 Å². The molecule has 3 amide bonds. The van der Waals surface area contributed by atoms with Crippen molar-refractivity contribution in [2.75, 3.05) is 19.6 Å². The zero-order valence-electron chi connectivity index (χ0n) is 15.2. The second kappa shape index (κ2) is 7.97. The number of rotatable bonds is 7. The van der Waals surface area contributed by atoms with E-state index in [0.717, 1.165) is 37.2 Å². The van der Waals surface area contributed by atoms with Gasteiger partial charge in [0.25, 0.3) is 5.91 Å². The maximum atomic E-state index is 12.8. The number of amides is 3. The van der Waals surface area contributed by atoms with E-state index in [1.165, 1.54) is 0 Å². The normalized spacial score (nSPS) is 19.9. The molecule has 2 heterocycles. The standard InChI is InChI=1S/C19H26N4O3/c1-2-22(10-4-9-20)11-13-5-3-6-14-15(13)12-23(19(14)26)16-7-8-17(24)21-18(16)25/h3,5-6,16H,2,4,7-12,20H2,1H3,(H,21,24,25). The fourth-order valence-corrected chi connectivity index (χ4v) is 3.70. The smallest absolute Gasteiger partial charge is 0.255 e. The molecular weight excluding hydrogens is 332 g/mol. The van der Waals surface area contributed by atoms with Crippen molar-refractivity contribution in [3.8, 4) is 0 Å². The van der Waals surface area contributed by atoms with Crippen LogP contribution in [0.3, 0.4) is 0 Å². The average molecular weight is 358 g/mol. The number of carbonyl (C=O) groups excluding carboxylic acids is 3. The summed E-state index contributed by atoms with van der Waals surface area (Å²) >= 11 is 0. The van der Waals surface area contributed by atoms with E-state index in [4.69, 9.17) is 5.73 Å². The Morgan fingerprint density at radius 3 is 2.81 bits per heavy atom. The number of benzene rings is 1. The molecular formula is C19H26N4O3. The van der Waals surface area contributed by atoms with Gasteiger partial charge in [0.1, 0.15) is 6.04 Å². The monoisotopic (exact) mass is 358 g/mol. The van der Waals surface area contributed by atoms with Crippen LogP contribution in [-0.4, -0.2) is 53.2 Å². The fraction of sp³-hybridized carbons (Fsp3) is 0.526. The van der Waals surface area contributed by atoms with Gasteiger partial charge in [-0.15, -0.1) is 0 Å². The Bertz CT molecular complexity index is 719. The van der Waals surface area contributed by atoms with Crippen LogP contribution >= 0.6 is 0 Å². The number of fused-ring (bicyclic) bond motifs is 1. The predicted molar refractivity (Wildman–Crippen MR) is 97.1 cm³/mol. The molecule has 0 bridgehead atoms. The third-order valence-electron chi connectivity index (χ3n) is 5.20. The summed E-state index contributed by atoms with van der Waals surface area (Å²) in [6.45, 7) is 5.78. The molecule has 2 aliphatic rings. The average Bonchev–Trinajstić information content (AvgIpc) is 2.96. The molecule has 0 aromatic heterocycles. The number of carbonyl (C=O) groups is 3. The minimum Gasteiger partial charge on any atom is -0.330 e. The van der Waals surface area contributed by atoms with Gasteiger partial charge in [0.05, 0.1) is 0 Å². The molecule has 1 atom stereocenters. The van der Waals surface area contributed by atoms with Crippen molar-refractivity contribution in [3.05, 3.63) is 34.9 Å². The number of nitrogens with one attached hydrogen (secondary N) is 1. The first-order valence-electron chi connectivity index (χ1n) is 9.23. The summed E-state index contributed by atoms with van der Waals surface area (Å²) in [4.78, 5) is 40.3. The van der Waals surface area contributed by atoms with Gasteiger partial charge < -0.3 is 10.6 Å². The van der Waals surface area contributed by atoms with Crippen LogP contribution in [0.25, 0.3) is 0 Å². The summed E-state index contributed by atoms with van der Waals surface area (Å²) in [6, 6.07) is 5.20. The van der Waals surface area contributed by atoms with Crippen LogP contribution in [0.15, 0.2) is 18.2 Å². The lowest BCUT2D eigenvalue weighted by Crippen LogP contribution is -2.52. The number of hydrogen-bond acceptors (Lipinski definition) is 5. The molecule has 0 aliphatic carbocycles. The molecule has 0 radical (unpaired) electrons. The van der Waals surface area contributed by atoms with Crippen molar-refractivity contribution in [3.63, 3.8) is 0 Å². The number of nitrogens with two attached hydrogens (primary N) is 1. The van der Waals surface area contributed by atoms with Crippen LogP contribution in [0.5, 0.6) is 0 Å². The highest BCUT2D eigenvalue weighted by Gasteiger charge is 2.39. The fourth-order valence-electron chi connectivity index (χ4n) is 3.70. The summed E-state index contributed by atoms with van der Waals surface area (Å²) in [5, 5.41) is 2.34. The Balaban J connectivity index is 1.79. The van der Waals surface area contributed by atoms with Crippen LogP contribution in [0.1, 0.15) is 47.7 Å². The van der Waals surface area contributed by atoms with E-state index in [1.807, 2.05) is 18.2 Å². The summed E-state index contributed by atoms with van der Waals surface area (Å²) in [7, 11) is 0. The lowest BCUT2D eigenvalue weighted by molar-refractivity contribution is -0.136. The van der Waals surface area contributed by atoms with Gasteiger partial charge in [0.15, 0.2) is 0 Å². The third kappa shape index (κ3) is 3.64. The van der Waals surface area contributed by atoms with Crippen LogP contribution in [0.4, 0.5) is 0 Å². The largest absolute Gasteiger partial charge is 0.330 e. The zero-order valence-corrected chi connectivity index (χ0v) is 15.2. The highest BCUT2D eigenvalue weighted by Crippen LogP contribution is 2.30. The molecule has 3 rings (SSSR count). The molecule has 7 heteroatoms. The van der Waals surface area contributed by atoms with Gasteiger partial charge in [0.2, 0.25) is 11.8 Å². The van der Waals surface area contributed by atoms with Crippen molar-refractivity contribution in [2.45, 2.75) is 45.3 Å². The first-order chi connectivity index (χ1) is 12.5. The molecule has 2 aliphatic heterocycles. The van der Waals surface area contributed by atoms with E-state index in [2.05, 4.69) is 17.1 Å². The van der Waals surface area contributed by atoms with Gasteiger partial charge in [0, 0.05) is 25.1 Å². The first-order valence-corrected chi connectivity index (χ1v) is 9.23. The number of piperidine rings is 1. The molecule has 1 aromatic rings. The summed E-state index contributed by atoms with van der Waals surface area (Å²) < 4.78 is 0. The van der Waals surface area contributed by atoms with E-state index in [1.54, 1.807) is 4.90 Å². The van der Waals surface area contributed by atoms with Crippen molar-refractivity contribution < 1.29 is 14.4 Å². The van der Waals surface area contributed by atoms with Crippen molar-refractivity contribution in [1.29, 1.82) is 0 Å². The lowest BCUT2D eigenvalue weighted by atomic mass is 10.0. The molecule has 140 valence electrons. The Morgan fingerprint density at radius 2 is 2.12 bits per heavy atom. The molecule has 1 unspecified atom stereocenters. The Kier molecular flexibility index (Phi) is 5.68. The number of nitrogens with zero attached hydrogens (tertiary/aromatic N) is 2. The predicted octanol–water partition coefficient (Wildman–Crippen LogP) is 0.618. The van der Waals surface area contributed by atoms with E-state index in [9.17, 15) is 14.4 Å². The molecule has 26 heavy (non-hydrogen) atoms. The Morgan fingerprint density at radius 1 is 1.31 bits per heavy atom. The van der Waals surface area contributed by atoms with Gasteiger partial charge in [-0.3, -0.25) is 24.6 Å². The van der Waals surface area contributed by atoms with Crippen LogP contribution in [0.2, 0.25) is 0 Å². The van der Waals surface area contributed by atoms with Crippen molar-refractivity contribution >= 4 is 17.7 Å². The van der Waals surface area contributed by atoms with Gasteiger partial charge in [-0.25, -0.2) is 0 Å². The van der Waals surface area contributed by atoms with Crippen LogP contribution in [-0.2, 0) is 22.7 Å². The molecule has 1 saturated heterocycles. The van der Waals surface area contributed by atoms with E-state index < -0.39 is 6.04 Å².